The summed E-state index contributed by atoms with van der Waals surface area (Å²) in [6.45, 7) is 1.49. The highest BCUT2D eigenvalue weighted by Gasteiger charge is 2.25. The molecule has 1 aliphatic heterocycles. The summed E-state index contributed by atoms with van der Waals surface area (Å²) < 4.78 is 28.6. The lowest BCUT2D eigenvalue weighted by atomic mass is 10.2. The smallest absolute Gasteiger partial charge is 0.255 e. The van der Waals surface area contributed by atoms with Crippen molar-refractivity contribution in [2.45, 2.75) is 19.4 Å². The van der Waals surface area contributed by atoms with Crippen molar-refractivity contribution in [3.63, 3.8) is 0 Å². The second-order valence-corrected chi connectivity index (χ2v) is 7.62. The second-order valence-electron chi connectivity index (χ2n) is 4.92. The summed E-state index contributed by atoms with van der Waals surface area (Å²) in [6, 6.07) is 7.70. The van der Waals surface area contributed by atoms with Gasteiger partial charge in [-0.15, -0.1) is 11.3 Å². The van der Waals surface area contributed by atoms with E-state index in [9.17, 15) is 8.42 Å². The Morgan fingerprint density at radius 1 is 1.24 bits per heavy atom. The Morgan fingerprint density at radius 2 is 2.05 bits per heavy atom. The Bertz CT molecular complexity index is 693. The second kappa shape index (κ2) is 6.23. The number of aromatic nitrogens is 1. The van der Waals surface area contributed by atoms with Gasteiger partial charge >= 0.3 is 0 Å². The zero-order chi connectivity index (χ0) is 14.7. The number of nitrogens with one attached hydrogen (secondary N) is 1. The molecule has 2 aromatic rings. The van der Waals surface area contributed by atoms with Crippen LogP contribution in [0.15, 0.2) is 35.8 Å². The summed E-state index contributed by atoms with van der Waals surface area (Å²) in [5.74, 6) is 0. The van der Waals surface area contributed by atoms with E-state index in [1.54, 1.807) is 17.5 Å². The molecule has 7 heteroatoms. The molecule has 0 aliphatic carbocycles. The van der Waals surface area contributed by atoms with Gasteiger partial charge in [0.1, 0.15) is 0 Å². The van der Waals surface area contributed by atoms with Crippen LogP contribution >= 0.6 is 11.3 Å². The van der Waals surface area contributed by atoms with E-state index in [4.69, 9.17) is 0 Å². The maximum atomic E-state index is 12.2. The van der Waals surface area contributed by atoms with Gasteiger partial charge < -0.3 is 0 Å². The summed E-state index contributed by atoms with van der Waals surface area (Å²) in [5, 5.41) is 1.99. The summed E-state index contributed by atoms with van der Waals surface area (Å²) in [7, 11) is -3.38. The van der Waals surface area contributed by atoms with E-state index in [1.165, 1.54) is 4.31 Å². The molecule has 0 spiro atoms. The SMILES string of the molecule is O=S(=O)(NCc1cccnc1-c1cccs1)N1CCCC1. The molecule has 0 radical (unpaired) electrons. The summed E-state index contributed by atoms with van der Waals surface area (Å²) in [4.78, 5) is 5.43. The first kappa shape index (κ1) is 14.6. The van der Waals surface area contributed by atoms with Crippen molar-refractivity contribution in [1.82, 2.24) is 14.0 Å². The average Bonchev–Trinajstić information content (AvgIpc) is 3.18. The Morgan fingerprint density at radius 3 is 2.76 bits per heavy atom. The minimum atomic E-state index is -3.38. The molecule has 0 amide bonds. The zero-order valence-electron chi connectivity index (χ0n) is 11.5. The van der Waals surface area contributed by atoms with E-state index in [-0.39, 0.29) is 6.54 Å². The van der Waals surface area contributed by atoms with Crippen LogP contribution in [0.4, 0.5) is 0 Å². The van der Waals surface area contributed by atoms with Gasteiger partial charge in [0.05, 0.1) is 10.6 Å². The van der Waals surface area contributed by atoms with Crippen LogP contribution < -0.4 is 4.72 Å². The van der Waals surface area contributed by atoms with Crippen molar-refractivity contribution in [3.8, 4) is 10.6 Å². The topological polar surface area (TPSA) is 62.3 Å². The highest BCUT2D eigenvalue weighted by Crippen LogP contribution is 2.26. The first-order chi connectivity index (χ1) is 10.2. The van der Waals surface area contributed by atoms with Gasteiger partial charge in [0.2, 0.25) is 0 Å². The van der Waals surface area contributed by atoms with E-state index in [0.717, 1.165) is 29.0 Å². The molecule has 1 N–H and O–H groups in total. The number of nitrogens with zero attached hydrogens (tertiary/aromatic N) is 2. The third-order valence-electron chi connectivity index (χ3n) is 3.50. The predicted octanol–water partition coefficient (Wildman–Crippen LogP) is 2.24. The quantitative estimate of drug-likeness (QED) is 0.918. The Kier molecular flexibility index (Phi) is 4.34. The molecule has 1 aliphatic rings. The van der Waals surface area contributed by atoms with Gasteiger partial charge in [0.25, 0.3) is 10.2 Å². The van der Waals surface area contributed by atoms with E-state index in [0.29, 0.717) is 13.1 Å². The lowest BCUT2D eigenvalue weighted by Crippen LogP contribution is -2.38. The largest absolute Gasteiger partial charge is 0.279 e. The van der Waals surface area contributed by atoms with Gasteiger partial charge in [-0.2, -0.15) is 17.4 Å². The van der Waals surface area contributed by atoms with Crippen molar-refractivity contribution in [1.29, 1.82) is 0 Å². The van der Waals surface area contributed by atoms with Crippen LogP contribution in [0.3, 0.4) is 0 Å². The first-order valence-corrected chi connectivity index (χ1v) is 9.21. The molecule has 3 heterocycles. The fraction of sp³-hybridized carbons (Fsp3) is 0.357. The van der Waals surface area contributed by atoms with Crippen molar-refractivity contribution in [2.75, 3.05) is 13.1 Å². The van der Waals surface area contributed by atoms with Crippen LogP contribution in [0, 0.1) is 0 Å². The molecule has 0 saturated carbocycles. The van der Waals surface area contributed by atoms with E-state index < -0.39 is 10.2 Å². The minimum Gasteiger partial charge on any atom is -0.255 e. The molecule has 5 nitrogen and oxygen atoms in total. The van der Waals surface area contributed by atoms with Crippen LogP contribution in [0.25, 0.3) is 10.6 Å². The van der Waals surface area contributed by atoms with E-state index >= 15 is 0 Å². The molecular weight excluding hydrogens is 306 g/mol. The molecule has 112 valence electrons. The Balaban J connectivity index is 1.77. The first-order valence-electron chi connectivity index (χ1n) is 6.89. The van der Waals surface area contributed by atoms with Crippen LogP contribution in [-0.2, 0) is 16.8 Å². The lowest BCUT2D eigenvalue weighted by molar-refractivity contribution is 0.464. The molecule has 1 saturated heterocycles. The van der Waals surface area contributed by atoms with Crippen LogP contribution in [0.5, 0.6) is 0 Å². The van der Waals surface area contributed by atoms with Crippen molar-refractivity contribution in [2.24, 2.45) is 0 Å². The number of hydrogen-bond donors (Lipinski definition) is 1. The predicted molar refractivity (Wildman–Crippen MR) is 84.1 cm³/mol. The van der Waals surface area contributed by atoms with Crippen LogP contribution in [0.2, 0.25) is 0 Å². The van der Waals surface area contributed by atoms with Gasteiger partial charge in [0.15, 0.2) is 0 Å². The van der Waals surface area contributed by atoms with Crippen molar-refractivity contribution >= 4 is 21.5 Å². The Hall–Kier alpha value is -1.28. The van der Waals surface area contributed by atoms with Crippen molar-refractivity contribution < 1.29 is 8.42 Å². The highest BCUT2D eigenvalue weighted by atomic mass is 32.2. The van der Waals surface area contributed by atoms with Gasteiger partial charge in [-0.25, -0.2) is 0 Å². The average molecular weight is 323 g/mol. The van der Waals surface area contributed by atoms with Crippen LogP contribution in [0.1, 0.15) is 18.4 Å². The molecule has 21 heavy (non-hydrogen) atoms. The molecule has 0 aromatic carbocycles. The molecule has 3 rings (SSSR count). The van der Waals surface area contributed by atoms with Gasteiger partial charge in [-0.3, -0.25) is 4.98 Å². The molecular formula is C14H17N3O2S2. The molecule has 0 atom stereocenters. The number of thiophene rings is 1. The van der Waals surface area contributed by atoms with Crippen molar-refractivity contribution in [3.05, 3.63) is 41.4 Å². The summed E-state index contributed by atoms with van der Waals surface area (Å²) in [5.41, 5.74) is 1.74. The Labute approximate surface area is 128 Å². The minimum absolute atomic E-state index is 0.264. The summed E-state index contributed by atoms with van der Waals surface area (Å²) >= 11 is 1.60. The maximum Gasteiger partial charge on any atom is 0.279 e. The fourth-order valence-corrected chi connectivity index (χ4v) is 4.42. The van der Waals surface area contributed by atoms with Gasteiger partial charge in [-0.05, 0) is 35.9 Å². The van der Waals surface area contributed by atoms with E-state index in [1.807, 2.05) is 29.6 Å². The van der Waals surface area contributed by atoms with Crippen LogP contribution in [-0.4, -0.2) is 30.8 Å². The molecule has 0 bridgehead atoms. The zero-order valence-corrected chi connectivity index (χ0v) is 13.2. The third kappa shape index (κ3) is 3.32. The highest BCUT2D eigenvalue weighted by molar-refractivity contribution is 7.87. The molecule has 0 unspecified atom stereocenters. The normalized spacial score (nSPS) is 16.4. The lowest BCUT2D eigenvalue weighted by Gasteiger charge is -2.16. The van der Waals surface area contributed by atoms with E-state index in [2.05, 4.69) is 9.71 Å². The standard InChI is InChI=1S/C14H17N3O2S2/c18-21(19,17-8-1-2-9-17)16-11-12-5-3-7-15-14(12)13-6-4-10-20-13/h3-7,10,16H,1-2,8-9,11H2. The maximum absolute atomic E-state index is 12.2. The number of rotatable bonds is 5. The van der Waals surface area contributed by atoms with Gasteiger partial charge in [0, 0.05) is 25.8 Å². The monoisotopic (exact) mass is 323 g/mol. The molecule has 1 fully saturated rings. The summed E-state index contributed by atoms with van der Waals surface area (Å²) in [6.07, 6.45) is 3.61. The third-order valence-corrected chi connectivity index (χ3v) is 5.93. The number of pyridine rings is 1. The fourth-order valence-electron chi connectivity index (χ4n) is 2.41. The molecule has 2 aromatic heterocycles. The number of hydrogen-bond acceptors (Lipinski definition) is 4. The van der Waals surface area contributed by atoms with Gasteiger partial charge in [-0.1, -0.05) is 12.1 Å².